The Morgan fingerprint density at radius 2 is 1.44 bits per heavy atom. The van der Waals surface area contributed by atoms with Crippen LogP contribution in [0.2, 0.25) is 0 Å². The summed E-state index contributed by atoms with van der Waals surface area (Å²) in [6.45, 7) is 5.74. The van der Waals surface area contributed by atoms with E-state index in [2.05, 4.69) is 4.98 Å². The number of aromatic amines is 1. The number of aryl methyl sites for hydroxylation is 2. The highest BCUT2D eigenvalue weighted by Gasteiger charge is 2.29. The summed E-state index contributed by atoms with van der Waals surface area (Å²) in [6.07, 6.45) is 0. The summed E-state index contributed by atoms with van der Waals surface area (Å²) in [5, 5.41) is 0. The lowest BCUT2D eigenvalue weighted by molar-refractivity contribution is 0.0531. The molecule has 0 aliphatic carbocycles. The number of nitrogens with zero attached hydrogens (tertiary/aromatic N) is 2. The van der Waals surface area contributed by atoms with Crippen LogP contribution in [0.15, 0.2) is 24.3 Å². The summed E-state index contributed by atoms with van der Waals surface area (Å²) in [4.78, 5) is 32.5. The molecule has 1 aliphatic rings. The van der Waals surface area contributed by atoms with E-state index >= 15 is 0 Å². The van der Waals surface area contributed by atoms with Gasteiger partial charge in [0, 0.05) is 37.6 Å². The lowest BCUT2D eigenvalue weighted by Crippen LogP contribution is -2.50. The molecule has 144 valence electrons. The molecule has 27 heavy (non-hydrogen) atoms. The summed E-state index contributed by atoms with van der Waals surface area (Å²) in [6, 6.07) is 7.14. The van der Waals surface area contributed by atoms with E-state index in [0.29, 0.717) is 48.8 Å². The smallest absolute Gasteiger partial charge is 0.261 e. The van der Waals surface area contributed by atoms with E-state index in [4.69, 9.17) is 9.47 Å². The van der Waals surface area contributed by atoms with Gasteiger partial charge in [0.15, 0.2) is 0 Å². The zero-order valence-electron chi connectivity index (χ0n) is 16.2. The van der Waals surface area contributed by atoms with Crippen LogP contribution in [0.1, 0.15) is 32.1 Å². The van der Waals surface area contributed by atoms with E-state index in [9.17, 15) is 9.59 Å². The summed E-state index contributed by atoms with van der Waals surface area (Å²) < 4.78 is 10.7. The standard InChI is InChI=1S/C20H25N3O4/c1-13-12-15(14(2)21-13)19(24)22-8-10-23(11-9-22)20(25)18-16(26-3)6-5-7-17(18)27-4/h5-7,12,21H,8-11H2,1-4H3. The second kappa shape index (κ2) is 7.73. The maximum atomic E-state index is 13.0. The number of methoxy groups -OCH3 is 2. The van der Waals surface area contributed by atoms with E-state index in [-0.39, 0.29) is 11.8 Å². The fourth-order valence-electron chi connectivity index (χ4n) is 3.45. The van der Waals surface area contributed by atoms with Crippen LogP contribution in [-0.4, -0.2) is 67.0 Å². The minimum atomic E-state index is -0.148. The zero-order chi connectivity index (χ0) is 19.6. The molecule has 0 unspecified atom stereocenters. The fourth-order valence-corrected chi connectivity index (χ4v) is 3.45. The molecule has 1 aliphatic heterocycles. The number of amides is 2. The van der Waals surface area contributed by atoms with Gasteiger partial charge < -0.3 is 24.3 Å². The van der Waals surface area contributed by atoms with Gasteiger partial charge in [-0.05, 0) is 32.0 Å². The number of rotatable bonds is 4. The molecule has 1 N–H and O–H groups in total. The van der Waals surface area contributed by atoms with E-state index in [0.717, 1.165) is 11.4 Å². The number of carbonyl (C=O) groups is 2. The van der Waals surface area contributed by atoms with Gasteiger partial charge in [0.25, 0.3) is 11.8 Å². The van der Waals surface area contributed by atoms with E-state index in [1.807, 2.05) is 19.9 Å². The number of piperazine rings is 1. The molecular weight excluding hydrogens is 346 g/mol. The quantitative estimate of drug-likeness (QED) is 0.894. The Morgan fingerprint density at radius 1 is 0.926 bits per heavy atom. The Morgan fingerprint density at radius 3 is 1.89 bits per heavy atom. The van der Waals surface area contributed by atoms with E-state index in [1.165, 1.54) is 14.2 Å². The summed E-state index contributed by atoms with van der Waals surface area (Å²) >= 11 is 0. The van der Waals surface area contributed by atoms with Crippen LogP contribution in [-0.2, 0) is 0 Å². The molecular formula is C20H25N3O4. The molecule has 0 saturated carbocycles. The van der Waals surface area contributed by atoms with Crippen LogP contribution < -0.4 is 9.47 Å². The maximum Gasteiger partial charge on any atom is 0.261 e. The number of benzene rings is 1. The van der Waals surface area contributed by atoms with Gasteiger partial charge in [0.1, 0.15) is 17.1 Å². The Hall–Kier alpha value is -2.96. The number of carbonyl (C=O) groups excluding carboxylic acids is 2. The van der Waals surface area contributed by atoms with Gasteiger partial charge in [0.2, 0.25) is 0 Å². The van der Waals surface area contributed by atoms with Crippen molar-refractivity contribution < 1.29 is 19.1 Å². The van der Waals surface area contributed by atoms with Crippen LogP contribution in [0.5, 0.6) is 11.5 Å². The Balaban J connectivity index is 1.72. The third-order valence-corrected chi connectivity index (χ3v) is 4.88. The SMILES string of the molecule is COc1cccc(OC)c1C(=O)N1CCN(C(=O)c2cc(C)[nH]c2C)CC1. The van der Waals surface area contributed by atoms with Crippen molar-refractivity contribution in [3.8, 4) is 11.5 Å². The third-order valence-electron chi connectivity index (χ3n) is 4.88. The minimum Gasteiger partial charge on any atom is -0.496 e. The maximum absolute atomic E-state index is 13.0. The molecule has 0 atom stereocenters. The zero-order valence-corrected chi connectivity index (χ0v) is 16.2. The normalized spacial score (nSPS) is 14.2. The van der Waals surface area contributed by atoms with E-state index < -0.39 is 0 Å². The Bertz CT molecular complexity index is 829. The molecule has 1 fully saturated rings. The molecule has 3 rings (SSSR count). The molecule has 1 aromatic heterocycles. The topological polar surface area (TPSA) is 74.9 Å². The van der Waals surface area contributed by atoms with Crippen molar-refractivity contribution in [1.29, 1.82) is 0 Å². The predicted molar refractivity (Wildman–Crippen MR) is 102 cm³/mol. The number of hydrogen-bond donors (Lipinski definition) is 1. The van der Waals surface area contributed by atoms with Gasteiger partial charge >= 0.3 is 0 Å². The van der Waals surface area contributed by atoms with Gasteiger partial charge in [-0.3, -0.25) is 9.59 Å². The molecule has 0 bridgehead atoms. The summed E-state index contributed by atoms with van der Waals surface area (Å²) in [7, 11) is 3.06. The van der Waals surface area contributed by atoms with Crippen LogP contribution in [0.25, 0.3) is 0 Å². The molecule has 1 saturated heterocycles. The third kappa shape index (κ3) is 3.63. The van der Waals surface area contributed by atoms with Crippen LogP contribution >= 0.6 is 0 Å². The number of nitrogens with one attached hydrogen (secondary N) is 1. The number of ether oxygens (including phenoxy) is 2. The van der Waals surface area contributed by atoms with Crippen molar-refractivity contribution in [3.05, 3.63) is 46.8 Å². The fraction of sp³-hybridized carbons (Fsp3) is 0.400. The second-order valence-corrected chi connectivity index (χ2v) is 6.61. The van der Waals surface area contributed by atoms with Crippen molar-refractivity contribution in [3.63, 3.8) is 0 Å². The number of aromatic nitrogens is 1. The van der Waals surface area contributed by atoms with Crippen LogP contribution in [0, 0.1) is 13.8 Å². The van der Waals surface area contributed by atoms with Crippen molar-refractivity contribution >= 4 is 11.8 Å². The predicted octanol–water partition coefficient (Wildman–Crippen LogP) is 2.25. The first-order valence-corrected chi connectivity index (χ1v) is 8.92. The van der Waals surface area contributed by atoms with Gasteiger partial charge in [-0.15, -0.1) is 0 Å². The molecule has 7 heteroatoms. The first-order valence-electron chi connectivity index (χ1n) is 8.92. The molecule has 2 heterocycles. The van der Waals surface area contributed by atoms with Crippen LogP contribution in [0.4, 0.5) is 0 Å². The Kier molecular flexibility index (Phi) is 5.39. The molecule has 0 radical (unpaired) electrons. The van der Waals surface area contributed by atoms with Crippen molar-refractivity contribution in [1.82, 2.24) is 14.8 Å². The average Bonchev–Trinajstić information content (AvgIpc) is 3.04. The highest BCUT2D eigenvalue weighted by Crippen LogP contribution is 2.30. The van der Waals surface area contributed by atoms with Crippen molar-refractivity contribution in [2.45, 2.75) is 13.8 Å². The number of hydrogen-bond acceptors (Lipinski definition) is 4. The lowest BCUT2D eigenvalue weighted by Gasteiger charge is -2.35. The molecule has 7 nitrogen and oxygen atoms in total. The van der Waals surface area contributed by atoms with E-state index in [1.54, 1.807) is 28.0 Å². The average molecular weight is 371 g/mol. The molecule has 2 amide bonds. The minimum absolute atomic E-state index is 0.00109. The van der Waals surface area contributed by atoms with Gasteiger partial charge in [-0.2, -0.15) is 0 Å². The summed E-state index contributed by atoms with van der Waals surface area (Å²) in [5.41, 5.74) is 2.95. The highest BCUT2D eigenvalue weighted by molar-refractivity contribution is 6.00. The lowest BCUT2D eigenvalue weighted by atomic mass is 10.1. The number of H-pyrrole nitrogens is 1. The Labute approximate surface area is 158 Å². The van der Waals surface area contributed by atoms with Crippen molar-refractivity contribution in [2.75, 3.05) is 40.4 Å². The second-order valence-electron chi connectivity index (χ2n) is 6.61. The van der Waals surface area contributed by atoms with Crippen LogP contribution in [0.3, 0.4) is 0 Å². The van der Waals surface area contributed by atoms with Gasteiger partial charge in [-0.1, -0.05) is 6.07 Å². The molecule has 1 aromatic carbocycles. The molecule has 2 aromatic rings. The van der Waals surface area contributed by atoms with Gasteiger partial charge in [0.05, 0.1) is 19.8 Å². The summed E-state index contributed by atoms with van der Waals surface area (Å²) in [5.74, 6) is 0.816. The first kappa shape index (κ1) is 18.8. The monoisotopic (exact) mass is 371 g/mol. The van der Waals surface area contributed by atoms with Gasteiger partial charge in [-0.25, -0.2) is 0 Å². The first-order chi connectivity index (χ1) is 13.0. The van der Waals surface area contributed by atoms with Crippen molar-refractivity contribution in [2.24, 2.45) is 0 Å². The molecule has 0 spiro atoms. The highest BCUT2D eigenvalue weighted by atomic mass is 16.5. The largest absolute Gasteiger partial charge is 0.496 e.